The van der Waals surface area contributed by atoms with Crippen molar-refractivity contribution in [3.63, 3.8) is 0 Å². The lowest BCUT2D eigenvalue weighted by molar-refractivity contribution is -0.142. The van der Waals surface area contributed by atoms with Crippen molar-refractivity contribution >= 4 is 11.8 Å². The van der Waals surface area contributed by atoms with Gasteiger partial charge in [0.15, 0.2) is 6.61 Å². The summed E-state index contributed by atoms with van der Waals surface area (Å²) >= 11 is 0. The molecule has 0 radical (unpaired) electrons. The summed E-state index contributed by atoms with van der Waals surface area (Å²) in [5, 5.41) is 2.92. The Labute approximate surface area is 202 Å². The van der Waals surface area contributed by atoms with Crippen LogP contribution in [0.4, 0.5) is 0 Å². The zero-order chi connectivity index (χ0) is 24.5. The molecule has 3 aromatic carbocycles. The molecule has 3 aromatic rings. The van der Waals surface area contributed by atoms with Gasteiger partial charge in [0.1, 0.15) is 11.8 Å². The second kappa shape index (κ2) is 12.0. The van der Waals surface area contributed by atoms with E-state index >= 15 is 0 Å². The molecule has 0 unspecified atom stereocenters. The van der Waals surface area contributed by atoms with E-state index < -0.39 is 6.04 Å². The quantitative estimate of drug-likeness (QED) is 0.476. The summed E-state index contributed by atoms with van der Waals surface area (Å²) in [4.78, 5) is 28.4. The van der Waals surface area contributed by atoms with Gasteiger partial charge >= 0.3 is 0 Å². The monoisotopic (exact) mass is 458 g/mol. The number of nitrogens with one attached hydrogen (secondary N) is 1. The van der Waals surface area contributed by atoms with Crippen molar-refractivity contribution in [2.45, 2.75) is 46.7 Å². The molecular formula is C29H34N2O3. The second-order valence-corrected chi connectivity index (χ2v) is 8.58. The van der Waals surface area contributed by atoms with Gasteiger partial charge in [-0.2, -0.15) is 0 Å². The number of hydrogen-bond donors (Lipinski definition) is 1. The number of carbonyl (C=O) groups is 2. The topological polar surface area (TPSA) is 58.6 Å². The minimum atomic E-state index is -0.655. The van der Waals surface area contributed by atoms with E-state index in [-0.39, 0.29) is 18.4 Å². The average molecular weight is 459 g/mol. The van der Waals surface area contributed by atoms with E-state index in [4.69, 9.17) is 4.74 Å². The van der Waals surface area contributed by atoms with E-state index in [0.717, 1.165) is 22.3 Å². The summed E-state index contributed by atoms with van der Waals surface area (Å²) in [6.45, 7) is 8.63. The van der Waals surface area contributed by atoms with Crippen LogP contribution in [0.1, 0.15) is 34.7 Å². The summed E-state index contributed by atoms with van der Waals surface area (Å²) < 4.78 is 5.87. The van der Waals surface area contributed by atoms with Crippen molar-refractivity contribution < 1.29 is 14.3 Å². The van der Waals surface area contributed by atoms with Gasteiger partial charge in [0.2, 0.25) is 5.91 Å². The first kappa shape index (κ1) is 25.0. The molecule has 1 atom stereocenters. The molecular weight excluding hydrogens is 424 g/mol. The molecule has 178 valence electrons. The summed E-state index contributed by atoms with van der Waals surface area (Å²) in [6, 6.07) is 22.9. The number of rotatable bonds is 10. The smallest absolute Gasteiger partial charge is 0.261 e. The Morgan fingerprint density at radius 3 is 2.26 bits per heavy atom. The average Bonchev–Trinajstić information content (AvgIpc) is 2.83. The number of hydrogen-bond acceptors (Lipinski definition) is 3. The molecule has 0 spiro atoms. The van der Waals surface area contributed by atoms with Gasteiger partial charge in [-0.25, -0.2) is 0 Å². The fourth-order valence-corrected chi connectivity index (χ4v) is 3.85. The number of likely N-dealkylation sites (N-methyl/N-ethyl adjacent to an activating group) is 1. The third kappa shape index (κ3) is 6.70. The highest BCUT2D eigenvalue weighted by Gasteiger charge is 2.30. The number of benzene rings is 3. The standard InChI is InChI=1S/C29H34N2O3/c1-5-30-29(33)27(18-24-12-7-6-8-13-24)31(19-25-14-10-9-11-22(25)3)28(32)20-34-26-16-15-21(2)23(4)17-26/h6-17,27H,5,18-20H2,1-4H3,(H,30,33)/t27-/m0/s1. The summed E-state index contributed by atoms with van der Waals surface area (Å²) in [6.07, 6.45) is 0.425. The Kier molecular flexibility index (Phi) is 8.86. The number of nitrogens with zero attached hydrogens (tertiary/aromatic N) is 1. The van der Waals surface area contributed by atoms with Crippen LogP contribution in [0.3, 0.4) is 0 Å². The van der Waals surface area contributed by atoms with Crippen molar-refractivity contribution in [1.82, 2.24) is 10.2 Å². The Balaban J connectivity index is 1.90. The summed E-state index contributed by atoms with van der Waals surface area (Å²) in [5.74, 6) is 0.248. The third-order valence-electron chi connectivity index (χ3n) is 6.06. The van der Waals surface area contributed by atoms with E-state index in [1.807, 2.05) is 100 Å². The maximum atomic E-state index is 13.5. The molecule has 0 saturated carbocycles. The van der Waals surface area contributed by atoms with E-state index in [1.54, 1.807) is 4.90 Å². The maximum absolute atomic E-state index is 13.5. The van der Waals surface area contributed by atoms with Crippen LogP contribution >= 0.6 is 0 Å². The molecule has 0 fully saturated rings. The highest BCUT2D eigenvalue weighted by Crippen LogP contribution is 2.19. The molecule has 0 bridgehead atoms. The molecule has 3 rings (SSSR count). The van der Waals surface area contributed by atoms with Crippen LogP contribution in [-0.4, -0.2) is 35.9 Å². The molecule has 5 nitrogen and oxygen atoms in total. The van der Waals surface area contributed by atoms with E-state index in [0.29, 0.717) is 25.3 Å². The fraction of sp³-hybridized carbons (Fsp3) is 0.310. The number of aryl methyl sites for hydroxylation is 3. The Bertz CT molecular complexity index is 1110. The largest absolute Gasteiger partial charge is 0.484 e. The first-order valence-corrected chi connectivity index (χ1v) is 11.7. The van der Waals surface area contributed by atoms with Crippen molar-refractivity contribution in [3.05, 3.63) is 101 Å². The lowest BCUT2D eigenvalue weighted by atomic mass is 10.0. The summed E-state index contributed by atoms with van der Waals surface area (Å²) in [7, 11) is 0. The van der Waals surface area contributed by atoms with Crippen LogP contribution < -0.4 is 10.1 Å². The van der Waals surface area contributed by atoms with Gasteiger partial charge in [0.05, 0.1) is 0 Å². The normalized spacial score (nSPS) is 11.5. The van der Waals surface area contributed by atoms with Gasteiger partial charge in [-0.1, -0.05) is 60.7 Å². The van der Waals surface area contributed by atoms with Gasteiger partial charge in [0.25, 0.3) is 5.91 Å². The van der Waals surface area contributed by atoms with E-state index in [1.165, 1.54) is 5.56 Å². The number of carbonyl (C=O) groups excluding carboxylic acids is 2. The Morgan fingerprint density at radius 1 is 0.882 bits per heavy atom. The second-order valence-electron chi connectivity index (χ2n) is 8.58. The minimum Gasteiger partial charge on any atom is -0.484 e. The fourth-order valence-electron chi connectivity index (χ4n) is 3.85. The predicted octanol–water partition coefficient (Wildman–Crippen LogP) is 4.77. The maximum Gasteiger partial charge on any atom is 0.261 e. The van der Waals surface area contributed by atoms with E-state index in [9.17, 15) is 9.59 Å². The predicted molar refractivity (Wildman–Crippen MR) is 136 cm³/mol. The van der Waals surface area contributed by atoms with Crippen LogP contribution in [0.5, 0.6) is 5.75 Å². The van der Waals surface area contributed by atoms with Gasteiger partial charge < -0.3 is 15.0 Å². The number of ether oxygens (including phenoxy) is 1. The highest BCUT2D eigenvalue weighted by molar-refractivity contribution is 5.88. The molecule has 1 N–H and O–H groups in total. The van der Waals surface area contributed by atoms with E-state index in [2.05, 4.69) is 5.32 Å². The molecule has 0 aliphatic heterocycles. The van der Waals surface area contributed by atoms with Crippen LogP contribution in [0.25, 0.3) is 0 Å². The first-order valence-electron chi connectivity index (χ1n) is 11.7. The van der Waals surface area contributed by atoms with Crippen LogP contribution in [0.15, 0.2) is 72.8 Å². The van der Waals surface area contributed by atoms with Crippen LogP contribution in [0.2, 0.25) is 0 Å². The molecule has 0 aliphatic carbocycles. The minimum absolute atomic E-state index is 0.140. The molecule has 34 heavy (non-hydrogen) atoms. The lowest BCUT2D eigenvalue weighted by Gasteiger charge is -2.32. The van der Waals surface area contributed by atoms with Crippen LogP contribution in [0, 0.1) is 20.8 Å². The van der Waals surface area contributed by atoms with Crippen molar-refractivity contribution in [3.8, 4) is 5.75 Å². The van der Waals surface area contributed by atoms with Gasteiger partial charge in [-0.15, -0.1) is 0 Å². The van der Waals surface area contributed by atoms with Gasteiger partial charge in [0, 0.05) is 19.5 Å². The van der Waals surface area contributed by atoms with Gasteiger partial charge in [-0.3, -0.25) is 9.59 Å². The number of amides is 2. The van der Waals surface area contributed by atoms with Crippen LogP contribution in [-0.2, 0) is 22.6 Å². The zero-order valence-corrected chi connectivity index (χ0v) is 20.5. The third-order valence-corrected chi connectivity index (χ3v) is 6.06. The molecule has 0 aromatic heterocycles. The molecule has 5 heteroatoms. The van der Waals surface area contributed by atoms with Gasteiger partial charge in [-0.05, 0) is 67.6 Å². The molecule has 2 amide bonds. The summed E-state index contributed by atoms with van der Waals surface area (Å²) in [5.41, 5.74) is 5.34. The molecule has 0 aliphatic rings. The Hall–Kier alpha value is -3.60. The lowest BCUT2D eigenvalue weighted by Crippen LogP contribution is -2.51. The Morgan fingerprint density at radius 2 is 1.59 bits per heavy atom. The van der Waals surface area contributed by atoms with Crippen molar-refractivity contribution in [1.29, 1.82) is 0 Å². The van der Waals surface area contributed by atoms with Crippen molar-refractivity contribution in [2.75, 3.05) is 13.2 Å². The SMILES string of the molecule is CCNC(=O)[C@H](Cc1ccccc1)N(Cc1ccccc1C)C(=O)COc1ccc(C)c(C)c1. The molecule has 0 saturated heterocycles. The highest BCUT2D eigenvalue weighted by atomic mass is 16.5. The van der Waals surface area contributed by atoms with Crippen molar-refractivity contribution in [2.24, 2.45) is 0 Å². The zero-order valence-electron chi connectivity index (χ0n) is 20.5. The molecule has 0 heterocycles. The first-order chi connectivity index (χ1) is 16.4.